The quantitative estimate of drug-likeness (QED) is 0.939. The van der Waals surface area contributed by atoms with Crippen molar-refractivity contribution < 1.29 is 4.79 Å². The van der Waals surface area contributed by atoms with E-state index in [9.17, 15) is 4.79 Å². The van der Waals surface area contributed by atoms with Crippen LogP contribution in [0.25, 0.3) is 11.1 Å². The lowest BCUT2D eigenvalue weighted by atomic mass is 9.98. The Morgan fingerprint density at radius 1 is 1.10 bits per heavy atom. The molecule has 0 atom stereocenters. The van der Waals surface area contributed by atoms with E-state index in [0.717, 1.165) is 36.4 Å². The van der Waals surface area contributed by atoms with Crippen molar-refractivity contribution in [1.29, 1.82) is 0 Å². The topological polar surface area (TPSA) is 59.2 Å². The smallest absolute Gasteiger partial charge is 0.135 e. The maximum atomic E-state index is 11.3. The van der Waals surface area contributed by atoms with Crippen molar-refractivity contribution in [2.45, 2.75) is 19.4 Å². The molecule has 0 radical (unpaired) electrons. The summed E-state index contributed by atoms with van der Waals surface area (Å²) in [6.07, 6.45) is 4.85. The number of nitrogens with zero attached hydrogens (tertiary/aromatic N) is 2. The molecule has 0 bridgehead atoms. The number of Topliss-reactive ketones (excluding diaryl/α,β-unsaturated/α-hetero) is 1. The van der Waals surface area contributed by atoms with Gasteiger partial charge in [0.15, 0.2) is 0 Å². The number of ketones is 1. The molecule has 4 heteroatoms. The molecule has 1 fully saturated rings. The Bertz CT molecular complexity index is 644. The molecule has 3 rings (SSSR count). The Morgan fingerprint density at radius 2 is 1.86 bits per heavy atom. The number of carbonyl (C=O) groups is 1. The number of nitrogens with two attached hydrogens (primary N) is 1. The number of likely N-dealkylation sites (tertiary alicyclic amines) is 1. The Balaban J connectivity index is 1.86. The number of benzene rings is 1. The zero-order valence-corrected chi connectivity index (χ0v) is 12.0. The zero-order chi connectivity index (χ0) is 14.7. The van der Waals surface area contributed by atoms with Gasteiger partial charge in [-0.15, -0.1) is 0 Å². The summed E-state index contributed by atoms with van der Waals surface area (Å²) in [6.45, 7) is 2.53. The van der Waals surface area contributed by atoms with Crippen molar-refractivity contribution in [1.82, 2.24) is 9.88 Å². The minimum Gasteiger partial charge on any atom is -0.398 e. The summed E-state index contributed by atoms with van der Waals surface area (Å²) in [5.41, 5.74) is 10.1. The van der Waals surface area contributed by atoms with Gasteiger partial charge in [0.05, 0.1) is 0 Å². The molecule has 2 N–H and O–H groups in total. The molecule has 1 aromatic carbocycles. The Morgan fingerprint density at radius 3 is 2.62 bits per heavy atom. The molecule has 1 aliphatic rings. The van der Waals surface area contributed by atoms with Gasteiger partial charge in [-0.25, -0.2) is 0 Å². The number of carbonyl (C=O) groups excluding carboxylic acids is 1. The predicted molar refractivity (Wildman–Crippen MR) is 83.6 cm³/mol. The second kappa shape index (κ2) is 6.06. The van der Waals surface area contributed by atoms with Crippen LogP contribution >= 0.6 is 0 Å². The third kappa shape index (κ3) is 3.11. The molecule has 1 aliphatic heterocycles. The molecule has 21 heavy (non-hydrogen) atoms. The number of rotatable bonds is 3. The van der Waals surface area contributed by atoms with Crippen LogP contribution in [0.15, 0.2) is 42.7 Å². The van der Waals surface area contributed by atoms with E-state index < -0.39 is 0 Å². The summed E-state index contributed by atoms with van der Waals surface area (Å²) in [4.78, 5) is 17.9. The SMILES string of the molecule is Nc1ccncc1-c1ccccc1CN1CCC(=O)CC1. The van der Waals surface area contributed by atoms with Gasteiger partial charge in [0.1, 0.15) is 5.78 Å². The highest BCUT2D eigenvalue weighted by molar-refractivity contribution is 5.79. The molecule has 1 aromatic heterocycles. The lowest BCUT2D eigenvalue weighted by Crippen LogP contribution is -2.33. The van der Waals surface area contributed by atoms with E-state index >= 15 is 0 Å². The van der Waals surface area contributed by atoms with Crippen LogP contribution in [-0.2, 0) is 11.3 Å². The van der Waals surface area contributed by atoms with E-state index in [4.69, 9.17) is 5.73 Å². The average molecular weight is 281 g/mol. The first-order chi connectivity index (χ1) is 10.2. The standard InChI is InChI=1S/C17H19N3O/c18-17-5-8-19-11-16(17)15-4-2-1-3-13(15)12-20-9-6-14(21)7-10-20/h1-5,8,11H,6-7,9-10,12H2,(H2,18,19). The highest BCUT2D eigenvalue weighted by Crippen LogP contribution is 2.29. The van der Waals surface area contributed by atoms with Gasteiger partial charge in [0, 0.05) is 56.1 Å². The van der Waals surface area contributed by atoms with Crippen LogP contribution in [0, 0.1) is 0 Å². The van der Waals surface area contributed by atoms with Crippen LogP contribution in [0.4, 0.5) is 5.69 Å². The third-order valence-electron chi connectivity index (χ3n) is 3.97. The third-order valence-corrected chi connectivity index (χ3v) is 3.97. The molecular formula is C17H19N3O. The van der Waals surface area contributed by atoms with Crippen LogP contribution in [-0.4, -0.2) is 28.8 Å². The first kappa shape index (κ1) is 13.8. The summed E-state index contributed by atoms with van der Waals surface area (Å²) in [7, 11) is 0. The van der Waals surface area contributed by atoms with Crippen LogP contribution in [0.5, 0.6) is 0 Å². The summed E-state index contributed by atoms with van der Waals surface area (Å²) in [5.74, 6) is 0.371. The van der Waals surface area contributed by atoms with Gasteiger partial charge in [-0.05, 0) is 17.2 Å². The lowest BCUT2D eigenvalue weighted by molar-refractivity contribution is -0.121. The number of nitrogen functional groups attached to an aromatic ring is 1. The lowest BCUT2D eigenvalue weighted by Gasteiger charge is -2.26. The fourth-order valence-electron chi connectivity index (χ4n) is 2.75. The van der Waals surface area contributed by atoms with Crippen LogP contribution < -0.4 is 5.73 Å². The first-order valence-corrected chi connectivity index (χ1v) is 7.26. The van der Waals surface area contributed by atoms with E-state index in [-0.39, 0.29) is 0 Å². The summed E-state index contributed by atoms with van der Waals surface area (Å²) < 4.78 is 0. The second-order valence-corrected chi connectivity index (χ2v) is 5.43. The van der Waals surface area contributed by atoms with Gasteiger partial charge in [0.2, 0.25) is 0 Å². The minimum atomic E-state index is 0.371. The van der Waals surface area contributed by atoms with Crippen LogP contribution in [0.3, 0.4) is 0 Å². The first-order valence-electron chi connectivity index (χ1n) is 7.26. The fourth-order valence-corrected chi connectivity index (χ4v) is 2.75. The molecule has 1 saturated heterocycles. The summed E-state index contributed by atoms with van der Waals surface area (Å²) >= 11 is 0. The highest BCUT2D eigenvalue weighted by atomic mass is 16.1. The van der Waals surface area contributed by atoms with Gasteiger partial charge in [-0.2, -0.15) is 0 Å². The molecule has 4 nitrogen and oxygen atoms in total. The second-order valence-electron chi connectivity index (χ2n) is 5.43. The number of aromatic nitrogens is 1. The van der Waals surface area contributed by atoms with E-state index in [1.807, 2.05) is 24.4 Å². The van der Waals surface area contributed by atoms with Crippen molar-refractivity contribution in [3.8, 4) is 11.1 Å². The van der Waals surface area contributed by atoms with Gasteiger partial charge in [0.25, 0.3) is 0 Å². The van der Waals surface area contributed by atoms with Crippen LogP contribution in [0.1, 0.15) is 18.4 Å². The molecule has 0 amide bonds. The van der Waals surface area contributed by atoms with Crippen molar-refractivity contribution in [2.75, 3.05) is 18.8 Å². The van der Waals surface area contributed by atoms with E-state index in [1.54, 1.807) is 6.20 Å². The molecule has 0 unspecified atom stereocenters. The van der Waals surface area contributed by atoms with Gasteiger partial charge < -0.3 is 5.73 Å². The van der Waals surface area contributed by atoms with Crippen molar-refractivity contribution in [3.63, 3.8) is 0 Å². The summed E-state index contributed by atoms with van der Waals surface area (Å²) in [6, 6.07) is 10.1. The minimum absolute atomic E-state index is 0.371. The van der Waals surface area contributed by atoms with Gasteiger partial charge >= 0.3 is 0 Å². The largest absolute Gasteiger partial charge is 0.398 e. The normalized spacial score (nSPS) is 16.1. The van der Waals surface area contributed by atoms with Gasteiger partial charge in [-0.1, -0.05) is 24.3 Å². The number of anilines is 1. The Labute approximate surface area is 124 Å². The number of hydrogen-bond acceptors (Lipinski definition) is 4. The average Bonchev–Trinajstić information content (AvgIpc) is 2.51. The van der Waals surface area contributed by atoms with Gasteiger partial charge in [-0.3, -0.25) is 14.7 Å². The van der Waals surface area contributed by atoms with Crippen LogP contribution in [0.2, 0.25) is 0 Å². The fraction of sp³-hybridized carbons (Fsp3) is 0.294. The molecule has 0 aliphatic carbocycles. The van der Waals surface area contributed by atoms with E-state index in [1.165, 1.54) is 5.56 Å². The van der Waals surface area contributed by atoms with Crippen molar-refractivity contribution in [3.05, 3.63) is 48.3 Å². The predicted octanol–water partition coefficient (Wildman–Crippen LogP) is 2.50. The number of piperidine rings is 1. The number of hydrogen-bond donors (Lipinski definition) is 1. The van der Waals surface area contributed by atoms with E-state index in [0.29, 0.717) is 18.6 Å². The molecule has 2 aromatic rings. The van der Waals surface area contributed by atoms with E-state index in [2.05, 4.69) is 22.0 Å². The maximum absolute atomic E-state index is 11.3. The Hall–Kier alpha value is -2.20. The maximum Gasteiger partial charge on any atom is 0.135 e. The molecule has 108 valence electrons. The Kier molecular flexibility index (Phi) is 3.97. The van der Waals surface area contributed by atoms with Crippen molar-refractivity contribution >= 4 is 11.5 Å². The molecule has 2 heterocycles. The molecular weight excluding hydrogens is 262 g/mol. The monoisotopic (exact) mass is 281 g/mol. The number of pyridine rings is 1. The molecule has 0 spiro atoms. The zero-order valence-electron chi connectivity index (χ0n) is 12.0. The highest BCUT2D eigenvalue weighted by Gasteiger charge is 2.17. The summed E-state index contributed by atoms with van der Waals surface area (Å²) in [5, 5.41) is 0. The molecule has 0 saturated carbocycles. The van der Waals surface area contributed by atoms with Crippen molar-refractivity contribution in [2.24, 2.45) is 0 Å².